The van der Waals surface area contributed by atoms with Gasteiger partial charge in [0.25, 0.3) is 0 Å². The summed E-state index contributed by atoms with van der Waals surface area (Å²) in [5, 5.41) is 19.8. The molecule has 4 N–H and O–H groups in total. The number of nitrogens with zero attached hydrogens (tertiary/aromatic N) is 4. The smallest absolute Gasteiger partial charge is 0.329 e. The van der Waals surface area contributed by atoms with Crippen molar-refractivity contribution in [2.45, 2.75) is 13.0 Å². The van der Waals surface area contributed by atoms with Crippen LogP contribution in [0.2, 0.25) is 0 Å². The van der Waals surface area contributed by atoms with Crippen molar-refractivity contribution in [2.75, 3.05) is 24.0 Å². The topological polar surface area (TPSA) is 130 Å². The van der Waals surface area contributed by atoms with Crippen molar-refractivity contribution < 1.29 is 10.0 Å². The zero-order valence-corrected chi connectivity index (χ0v) is 9.49. The molecule has 0 saturated heterocycles. The zero-order valence-electron chi connectivity index (χ0n) is 9.49. The molecule has 1 rings (SSSR count). The van der Waals surface area contributed by atoms with Gasteiger partial charge < -0.3 is 10.0 Å². The third-order valence-electron chi connectivity index (χ3n) is 2.34. The number of hydrogen-bond acceptors (Lipinski definition) is 8. The first kappa shape index (κ1) is 13.1. The monoisotopic (exact) mass is 242 g/mol. The summed E-state index contributed by atoms with van der Waals surface area (Å²) >= 11 is 0. The summed E-state index contributed by atoms with van der Waals surface area (Å²) in [5.74, 6) is 5.31. The highest BCUT2D eigenvalue weighted by atomic mass is 16.6. The number of anilines is 2. The summed E-state index contributed by atoms with van der Waals surface area (Å²) in [6.07, 6.45) is 1.07. The zero-order chi connectivity index (χ0) is 13.0. The Balaban J connectivity index is 3.21. The van der Waals surface area contributed by atoms with E-state index < -0.39 is 4.92 Å². The van der Waals surface area contributed by atoms with E-state index in [1.54, 1.807) is 14.0 Å². The van der Waals surface area contributed by atoms with E-state index >= 15 is 0 Å². The highest BCUT2D eigenvalue weighted by Gasteiger charge is 2.23. The number of nitrogens with two attached hydrogens (primary N) is 1. The quantitative estimate of drug-likeness (QED) is 0.357. The van der Waals surface area contributed by atoms with Crippen LogP contribution in [0.1, 0.15) is 6.92 Å². The van der Waals surface area contributed by atoms with Crippen molar-refractivity contribution in [2.24, 2.45) is 5.84 Å². The van der Waals surface area contributed by atoms with Crippen LogP contribution in [-0.4, -0.2) is 39.7 Å². The second-order valence-electron chi connectivity index (χ2n) is 3.45. The van der Waals surface area contributed by atoms with Crippen LogP contribution in [0.4, 0.5) is 17.5 Å². The van der Waals surface area contributed by atoms with Crippen molar-refractivity contribution in [3.8, 4) is 0 Å². The number of nitrogens with one attached hydrogen (secondary N) is 1. The Kier molecular flexibility index (Phi) is 4.12. The molecule has 9 nitrogen and oxygen atoms in total. The standard InChI is InChI=1S/C8H14N6O3/c1-5(4-15)13(2)7-6(14(16)17)3-10-8(11-7)12-9/h3,5,15H,4,9H2,1-2H3,(H,10,11,12). The van der Waals surface area contributed by atoms with Crippen molar-refractivity contribution in [1.82, 2.24) is 9.97 Å². The Bertz CT molecular complexity index is 412. The molecule has 1 aromatic rings. The lowest BCUT2D eigenvalue weighted by atomic mass is 10.3. The van der Waals surface area contributed by atoms with Crippen LogP contribution < -0.4 is 16.2 Å². The van der Waals surface area contributed by atoms with Gasteiger partial charge in [-0.15, -0.1) is 0 Å². The fourth-order valence-electron chi connectivity index (χ4n) is 1.16. The van der Waals surface area contributed by atoms with E-state index in [4.69, 9.17) is 10.9 Å². The van der Waals surface area contributed by atoms with Gasteiger partial charge in [-0.1, -0.05) is 0 Å². The Hall–Kier alpha value is -2.00. The predicted octanol–water partition coefficient (Wildman–Crippen LogP) is -0.513. The number of nitrogen functional groups attached to an aromatic ring is 1. The van der Waals surface area contributed by atoms with Gasteiger partial charge >= 0.3 is 5.69 Å². The third-order valence-corrected chi connectivity index (χ3v) is 2.34. The Morgan fingerprint density at radius 2 is 2.41 bits per heavy atom. The van der Waals surface area contributed by atoms with Crippen LogP contribution >= 0.6 is 0 Å². The van der Waals surface area contributed by atoms with Crippen LogP contribution in [0.3, 0.4) is 0 Å². The first-order valence-electron chi connectivity index (χ1n) is 4.83. The van der Waals surface area contributed by atoms with Gasteiger partial charge in [0.2, 0.25) is 11.8 Å². The van der Waals surface area contributed by atoms with Crippen LogP contribution in [0.25, 0.3) is 0 Å². The number of nitro groups is 1. The molecule has 1 heterocycles. The lowest BCUT2D eigenvalue weighted by molar-refractivity contribution is -0.384. The number of aliphatic hydroxyl groups is 1. The average molecular weight is 242 g/mol. The Labute approximate surface area is 97.4 Å². The van der Waals surface area contributed by atoms with Crippen molar-refractivity contribution in [3.63, 3.8) is 0 Å². The molecule has 0 aliphatic rings. The molecule has 0 saturated carbocycles. The molecule has 0 spiro atoms. The first-order chi connectivity index (χ1) is 8.01. The molecule has 0 aliphatic carbocycles. The molecular weight excluding hydrogens is 228 g/mol. The number of aliphatic hydroxyl groups excluding tert-OH is 1. The maximum atomic E-state index is 10.8. The SMILES string of the molecule is CC(CO)N(C)c1nc(NN)ncc1[N+](=O)[O-]. The molecule has 1 atom stereocenters. The van der Waals surface area contributed by atoms with E-state index in [9.17, 15) is 10.1 Å². The second kappa shape index (κ2) is 5.37. The minimum atomic E-state index is -0.587. The second-order valence-corrected chi connectivity index (χ2v) is 3.45. The normalized spacial score (nSPS) is 12.0. The van der Waals surface area contributed by atoms with Gasteiger partial charge in [0.05, 0.1) is 17.6 Å². The summed E-state index contributed by atoms with van der Waals surface area (Å²) < 4.78 is 0. The molecule has 0 aromatic carbocycles. The molecule has 94 valence electrons. The molecule has 1 aromatic heterocycles. The summed E-state index contributed by atoms with van der Waals surface area (Å²) in [6.45, 7) is 1.56. The number of hydrazine groups is 1. The summed E-state index contributed by atoms with van der Waals surface area (Å²) in [4.78, 5) is 19.3. The minimum Gasteiger partial charge on any atom is -0.394 e. The molecule has 0 aliphatic heterocycles. The fourth-order valence-corrected chi connectivity index (χ4v) is 1.16. The van der Waals surface area contributed by atoms with E-state index in [1.807, 2.05) is 0 Å². The van der Waals surface area contributed by atoms with Gasteiger partial charge in [-0.3, -0.25) is 15.5 Å². The van der Waals surface area contributed by atoms with E-state index in [0.29, 0.717) is 0 Å². The largest absolute Gasteiger partial charge is 0.394 e. The number of likely N-dealkylation sites (N-methyl/N-ethyl adjacent to an activating group) is 1. The van der Waals surface area contributed by atoms with E-state index in [1.165, 1.54) is 4.90 Å². The highest BCUT2D eigenvalue weighted by molar-refractivity contribution is 5.58. The van der Waals surface area contributed by atoms with Crippen LogP contribution in [0.5, 0.6) is 0 Å². The van der Waals surface area contributed by atoms with Gasteiger partial charge in [0.1, 0.15) is 6.20 Å². The maximum Gasteiger partial charge on any atom is 0.329 e. The fraction of sp³-hybridized carbons (Fsp3) is 0.500. The van der Waals surface area contributed by atoms with Crippen molar-refractivity contribution in [1.29, 1.82) is 0 Å². The third kappa shape index (κ3) is 2.77. The van der Waals surface area contributed by atoms with E-state index in [2.05, 4.69) is 15.4 Å². The first-order valence-corrected chi connectivity index (χ1v) is 4.83. The lowest BCUT2D eigenvalue weighted by Crippen LogP contribution is -2.33. The summed E-state index contributed by atoms with van der Waals surface area (Å²) in [5.41, 5.74) is 1.97. The van der Waals surface area contributed by atoms with Gasteiger partial charge in [0.15, 0.2) is 0 Å². The van der Waals surface area contributed by atoms with E-state index in [0.717, 1.165) is 6.20 Å². The molecule has 0 fully saturated rings. The minimum absolute atomic E-state index is 0.0718. The molecule has 9 heteroatoms. The van der Waals surface area contributed by atoms with Crippen molar-refractivity contribution in [3.05, 3.63) is 16.3 Å². The molecule has 0 bridgehead atoms. The molecule has 17 heavy (non-hydrogen) atoms. The highest BCUT2D eigenvalue weighted by Crippen LogP contribution is 2.26. The van der Waals surface area contributed by atoms with Crippen molar-refractivity contribution >= 4 is 17.5 Å². The van der Waals surface area contributed by atoms with Gasteiger partial charge in [-0.2, -0.15) is 4.98 Å². The number of aromatic nitrogens is 2. The summed E-state index contributed by atoms with van der Waals surface area (Å²) in [6, 6.07) is -0.311. The lowest BCUT2D eigenvalue weighted by Gasteiger charge is -2.23. The maximum absolute atomic E-state index is 10.8. The number of hydrogen-bond donors (Lipinski definition) is 3. The Morgan fingerprint density at radius 1 is 1.76 bits per heavy atom. The Morgan fingerprint density at radius 3 is 2.88 bits per heavy atom. The van der Waals surface area contributed by atoms with E-state index in [-0.39, 0.29) is 30.1 Å². The van der Waals surface area contributed by atoms with Crippen LogP contribution in [0.15, 0.2) is 6.20 Å². The number of rotatable bonds is 5. The average Bonchev–Trinajstić information content (AvgIpc) is 2.35. The van der Waals surface area contributed by atoms with Crippen LogP contribution in [-0.2, 0) is 0 Å². The predicted molar refractivity (Wildman–Crippen MR) is 61.4 cm³/mol. The molecular formula is C8H14N6O3. The van der Waals surface area contributed by atoms with Gasteiger partial charge in [0, 0.05) is 7.05 Å². The van der Waals surface area contributed by atoms with Crippen LogP contribution in [0, 0.1) is 10.1 Å². The molecule has 0 radical (unpaired) electrons. The van der Waals surface area contributed by atoms with Gasteiger partial charge in [-0.25, -0.2) is 10.8 Å². The molecule has 0 amide bonds. The molecule has 1 unspecified atom stereocenters. The van der Waals surface area contributed by atoms with Gasteiger partial charge in [-0.05, 0) is 6.92 Å². The summed E-state index contributed by atoms with van der Waals surface area (Å²) in [7, 11) is 1.59.